The van der Waals surface area contributed by atoms with Gasteiger partial charge >= 0.3 is 0 Å². The standard InChI is InChI=1S/C23H33N3O5S/c1-22(14-15-22)32(30,31)25-21(29)23-13-12-17(23)9-6-4-2-3-5-7-11-19(27)26-16-8-10-18(26)20(28)24-23/h6,9,12-13,17-18H,2-5,7-8,10-11,14-16H2,1H3,(H,24,28)(H,25,29). The number of sulfonamides is 1. The lowest BCUT2D eigenvalue weighted by molar-refractivity contribution is -0.140. The number of fused-ring (bicyclic) bond motifs is 2. The van der Waals surface area contributed by atoms with Crippen molar-refractivity contribution >= 4 is 27.7 Å². The van der Waals surface area contributed by atoms with Crippen LogP contribution in [0.15, 0.2) is 24.3 Å². The molecule has 2 N–H and O–H groups in total. The van der Waals surface area contributed by atoms with Gasteiger partial charge in [0.2, 0.25) is 21.8 Å². The Kier molecular flexibility index (Phi) is 6.22. The quantitative estimate of drug-likeness (QED) is 0.621. The number of rotatable bonds is 3. The van der Waals surface area contributed by atoms with E-state index in [1.165, 1.54) is 0 Å². The van der Waals surface area contributed by atoms with Gasteiger partial charge in [-0.15, -0.1) is 0 Å². The molecule has 1 saturated heterocycles. The van der Waals surface area contributed by atoms with Crippen LogP contribution in [0.5, 0.6) is 0 Å². The van der Waals surface area contributed by atoms with E-state index in [4.69, 9.17) is 0 Å². The monoisotopic (exact) mass is 463 g/mol. The Morgan fingerprint density at radius 1 is 1.12 bits per heavy atom. The van der Waals surface area contributed by atoms with E-state index >= 15 is 0 Å². The summed E-state index contributed by atoms with van der Waals surface area (Å²) in [6, 6.07) is -0.631. The maximum Gasteiger partial charge on any atom is 0.264 e. The van der Waals surface area contributed by atoms with E-state index in [0.29, 0.717) is 32.2 Å². The van der Waals surface area contributed by atoms with Gasteiger partial charge < -0.3 is 10.2 Å². The van der Waals surface area contributed by atoms with E-state index in [1.54, 1.807) is 24.0 Å². The molecular formula is C23H33N3O5S. The molecule has 0 aromatic rings. The number of nitrogens with one attached hydrogen (secondary N) is 2. The van der Waals surface area contributed by atoms with Gasteiger partial charge in [0.05, 0.1) is 4.75 Å². The molecule has 9 heteroatoms. The Morgan fingerprint density at radius 3 is 2.56 bits per heavy atom. The van der Waals surface area contributed by atoms with Crippen molar-refractivity contribution in [2.24, 2.45) is 5.92 Å². The van der Waals surface area contributed by atoms with Crippen molar-refractivity contribution in [3.05, 3.63) is 24.3 Å². The number of hydrogen-bond acceptors (Lipinski definition) is 5. The SMILES string of the molecule is CC1(S(=O)(=O)NC(=O)C23C=CC2C=CCCCCCCC(=O)N2CCCC2C(=O)N3)CC1. The molecular weight excluding hydrogens is 430 g/mol. The summed E-state index contributed by atoms with van der Waals surface area (Å²) in [5.41, 5.74) is -1.47. The third-order valence-electron chi connectivity index (χ3n) is 7.36. The zero-order valence-electron chi connectivity index (χ0n) is 18.6. The van der Waals surface area contributed by atoms with Gasteiger partial charge in [0, 0.05) is 18.9 Å². The van der Waals surface area contributed by atoms with Crippen LogP contribution in [0.3, 0.4) is 0 Å². The molecule has 32 heavy (non-hydrogen) atoms. The van der Waals surface area contributed by atoms with Crippen molar-refractivity contribution in [3.8, 4) is 0 Å². The summed E-state index contributed by atoms with van der Waals surface area (Å²) in [6.45, 7) is 2.15. The number of nitrogens with zero attached hydrogens (tertiary/aromatic N) is 1. The van der Waals surface area contributed by atoms with Crippen LogP contribution in [-0.2, 0) is 24.4 Å². The van der Waals surface area contributed by atoms with Gasteiger partial charge in [-0.3, -0.25) is 19.1 Å². The molecule has 2 heterocycles. The maximum atomic E-state index is 13.3. The summed E-state index contributed by atoms with van der Waals surface area (Å²) < 4.78 is 26.7. The molecule has 8 nitrogen and oxygen atoms in total. The molecule has 3 amide bonds. The van der Waals surface area contributed by atoms with Crippen LogP contribution >= 0.6 is 0 Å². The molecule has 1 saturated carbocycles. The molecule has 0 aromatic heterocycles. The zero-order valence-corrected chi connectivity index (χ0v) is 19.5. The van der Waals surface area contributed by atoms with Crippen molar-refractivity contribution in [2.75, 3.05) is 6.54 Å². The summed E-state index contributed by atoms with van der Waals surface area (Å²) in [4.78, 5) is 40.9. The fourth-order valence-electron chi connectivity index (χ4n) is 4.70. The van der Waals surface area contributed by atoms with Crippen molar-refractivity contribution in [2.45, 2.75) is 87.5 Å². The highest BCUT2D eigenvalue weighted by Crippen LogP contribution is 2.43. The van der Waals surface area contributed by atoms with E-state index in [1.807, 2.05) is 12.2 Å². The first-order valence-corrected chi connectivity index (χ1v) is 13.2. The van der Waals surface area contributed by atoms with Crippen LogP contribution in [0.1, 0.15) is 71.1 Å². The third kappa shape index (κ3) is 4.23. The molecule has 0 spiro atoms. The van der Waals surface area contributed by atoms with Gasteiger partial charge in [-0.2, -0.15) is 0 Å². The van der Waals surface area contributed by atoms with Gasteiger partial charge in [-0.1, -0.05) is 37.1 Å². The van der Waals surface area contributed by atoms with Gasteiger partial charge in [-0.05, 0) is 51.9 Å². The lowest BCUT2D eigenvalue weighted by Gasteiger charge is -2.42. The van der Waals surface area contributed by atoms with E-state index < -0.39 is 44.1 Å². The van der Waals surface area contributed by atoms with E-state index in [9.17, 15) is 22.8 Å². The van der Waals surface area contributed by atoms with Crippen LogP contribution in [-0.4, -0.2) is 53.9 Å². The smallest absolute Gasteiger partial charge is 0.264 e. The summed E-state index contributed by atoms with van der Waals surface area (Å²) in [5, 5.41) is 2.84. The predicted molar refractivity (Wildman–Crippen MR) is 120 cm³/mol. The van der Waals surface area contributed by atoms with Gasteiger partial charge in [-0.25, -0.2) is 8.42 Å². The average Bonchev–Trinajstić information content (AvgIpc) is 3.30. The van der Waals surface area contributed by atoms with E-state index in [2.05, 4.69) is 10.0 Å². The highest BCUT2D eigenvalue weighted by Gasteiger charge is 2.55. The van der Waals surface area contributed by atoms with Crippen LogP contribution in [0, 0.1) is 5.92 Å². The molecule has 2 aliphatic heterocycles. The van der Waals surface area contributed by atoms with Crippen molar-refractivity contribution in [1.29, 1.82) is 0 Å². The summed E-state index contributed by atoms with van der Waals surface area (Å²) in [5.74, 6) is -1.61. The normalized spacial score (nSPS) is 32.6. The topological polar surface area (TPSA) is 113 Å². The van der Waals surface area contributed by atoms with Gasteiger partial charge in [0.15, 0.2) is 0 Å². The molecule has 176 valence electrons. The molecule has 0 radical (unpaired) electrons. The number of hydrogen-bond donors (Lipinski definition) is 2. The lowest BCUT2D eigenvalue weighted by Crippen LogP contribution is -2.67. The number of amides is 3. The molecule has 0 bridgehead atoms. The largest absolute Gasteiger partial charge is 0.336 e. The van der Waals surface area contributed by atoms with Crippen LogP contribution in [0.25, 0.3) is 0 Å². The Labute approximate surface area is 189 Å². The second-order valence-corrected chi connectivity index (χ2v) is 12.0. The molecule has 2 fully saturated rings. The van der Waals surface area contributed by atoms with Crippen LogP contribution in [0.4, 0.5) is 0 Å². The minimum Gasteiger partial charge on any atom is -0.336 e. The summed E-state index contributed by atoms with van der Waals surface area (Å²) in [6.07, 6.45) is 14.5. The minimum atomic E-state index is -3.85. The van der Waals surface area contributed by atoms with Gasteiger partial charge in [0.25, 0.3) is 5.91 Å². The van der Waals surface area contributed by atoms with Crippen molar-refractivity contribution in [1.82, 2.24) is 14.9 Å². The highest BCUT2D eigenvalue weighted by molar-refractivity contribution is 7.91. The summed E-state index contributed by atoms with van der Waals surface area (Å²) >= 11 is 0. The average molecular weight is 464 g/mol. The third-order valence-corrected chi connectivity index (χ3v) is 9.52. The second kappa shape index (κ2) is 8.65. The highest BCUT2D eigenvalue weighted by atomic mass is 32.2. The minimum absolute atomic E-state index is 0.0286. The van der Waals surface area contributed by atoms with E-state index in [-0.39, 0.29) is 5.91 Å². The first-order chi connectivity index (χ1) is 15.2. The van der Waals surface area contributed by atoms with Crippen molar-refractivity contribution in [3.63, 3.8) is 0 Å². The zero-order chi connectivity index (χ0) is 23.0. The van der Waals surface area contributed by atoms with Crippen molar-refractivity contribution < 1.29 is 22.8 Å². The molecule has 2 aliphatic carbocycles. The first kappa shape index (κ1) is 23.0. The number of carbonyl (C=O) groups excluding carboxylic acids is 3. The number of allylic oxidation sites excluding steroid dienone is 1. The van der Waals surface area contributed by atoms with Crippen LogP contribution in [0.2, 0.25) is 0 Å². The van der Waals surface area contributed by atoms with Crippen LogP contribution < -0.4 is 10.0 Å². The number of carbonyl (C=O) groups is 3. The molecule has 3 unspecified atom stereocenters. The fourth-order valence-corrected chi connectivity index (χ4v) is 6.00. The Hall–Kier alpha value is -2.16. The first-order valence-electron chi connectivity index (χ1n) is 11.7. The Balaban J connectivity index is 1.60. The molecule has 4 aliphatic rings. The predicted octanol–water partition coefficient (Wildman–Crippen LogP) is 1.93. The van der Waals surface area contributed by atoms with Gasteiger partial charge in [0.1, 0.15) is 11.6 Å². The Morgan fingerprint density at radius 2 is 1.88 bits per heavy atom. The maximum absolute atomic E-state index is 13.3. The molecule has 3 atom stereocenters. The molecule has 0 aromatic carbocycles. The molecule has 4 rings (SSSR count). The second-order valence-electron chi connectivity index (χ2n) is 9.75. The lowest BCUT2D eigenvalue weighted by atomic mass is 9.73. The summed E-state index contributed by atoms with van der Waals surface area (Å²) in [7, 11) is -3.85. The Bertz CT molecular complexity index is 953. The van der Waals surface area contributed by atoms with E-state index in [0.717, 1.165) is 38.5 Å². The fraction of sp³-hybridized carbons (Fsp3) is 0.696.